The van der Waals surface area contributed by atoms with Crippen molar-refractivity contribution in [3.8, 4) is 5.75 Å². The molecule has 1 nitrogen and oxygen atoms in total. The molecule has 1 heteroatoms. The predicted octanol–water partition coefficient (Wildman–Crippen LogP) is 2.96. The first-order valence-corrected chi connectivity index (χ1v) is 4.58. The Morgan fingerprint density at radius 1 is 1.33 bits per heavy atom. The second-order valence-electron chi connectivity index (χ2n) is 3.39. The van der Waals surface area contributed by atoms with Gasteiger partial charge in [-0.1, -0.05) is 32.0 Å². The molecule has 0 aromatic heterocycles. The molecule has 0 spiro atoms. The van der Waals surface area contributed by atoms with E-state index in [2.05, 4.69) is 32.0 Å². The van der Waals surface area contributed by atoms with Crippen LogP contribution in [0, 0.1) is 0 Å². The molecule has 0 aliphatic carbocycles. The standard InChI is InChI=1S/C11H14O/c1-3-10-8(2)9-6-4-5-7-11(9)12-10/h4-8,10H,3H2,1-2H3. The summed E-state index contributed by atoms with van der Waals surface area (Å²) in [7, 11) is 0. The van der Waals surface area contributed by atoms with E-state index in [1.807, 2.05) is 6.07 Å². The van der Waals surface area contributed by atoms with Crippen molar-refractivity contribution in [3.63, 3.8) is 0 Å². The van der Waals surface area contributed by atoms with Crippen molar-refractivity contribution in [1.82, 2.24) is 0 Å². The van der Waals surface area contributed by atoms with Crippen LogP contribution in [0.2, 0.25) is 0 Å². The molecule has 0 radical (unpaired) electrons. The molecule has 0 N–H and O–H groups in total. The molecular weight excluding hydrogens is 148 g/mol. The van der Waals surface area contributed by atoms with E-state index in [0.29, 0.717) is 12.0 Å². The zero-order valence-electron chi connectivity index (χ0n) is 7.58. The Morgan fingerprint density at radius 2 is 2.08 bits per heavy atom. The lowest BCUT2D eigenvalue weighted by Gasteiger charge is -2.11. The normalized spacial score (nSPS) is 26.5. The number of hydrogen-bond donors (Lipinski definition) is 0. The van der Waals surface area contributed by atoms with Crippen molar-refractivity contribution in [1.29, 1.82) is 0 Å². The van der Waals surface area contributed by atoms with Crippen molar-refractivity contribution in [3.05, 3.63) is 29.8 Å². The molecule has 2 unspecified atom stereocenters. The van der Waals surface area contributed by atoms with Crippen molar-refractivity contribution in [2.45, 2.75) is 32.3 Å². The van der Waals surface area contributed by atoms with E-state index in [9.17, 15) is 0 Å². The molecule has 0 fully saturated rings. The number of para-hydroxylation sites is 1. The first kappa shape index (κ1) is 7.66. The number of benzene rings is 1. The number of ether oxygens (including phenoxy) is 1. The summed E-state index contributed by atoms with van der Waals surface area (Å²) in [4.78, 5) is 0. The predicted molar refractivity (Wildman–Crippen MR) is 49.6 cm³/mol. The smallest absolute Gasteiger partial charge is 0.123 e. The lowest BCUT2D eigenvalue weighted by Crippen LogP contribution is -2.14. The molecule has 0 saturated carbocycles. The van der Waals surface area contributed by atoms with E-state index in [1.54, 1.807) is 0 Å². The summed E-state index contributed by atoms with van der Waals surface area (Å²) in [6, 6.07) is 8.33. The summed E-state index contributed by atoms with van der Waals surface area (Å²) in [6.45, 7) is 4.41. The van der Waals surface area contributed by atoms with Crippen LogP contribution in [0.1, 0.15) is 31.7 Å². The van der Waals surface area contributed by atoms with Crippen molar-refractivity contribution in [2.24, 2.45) is 0 Å². The molecule has 1 aliphatic rings. The third-order valence-electron chi connectivity index (χ3n) is 2.65. The fourth-order valence-corrected chi connectivity index (χ4v) is 1.87. The number of rotatable bonds is 1. The van der Waals surface area contributed by atoms with E-state index < -0.39 is 0 Å². The van der Waals surface area contributed by atoms with Gasteiger partial charge in [-0.2, -0.15) is 0 Å². The Balaban J connectivity index is 2.35. The van der Waals surface area contributed by atoms with Crippen molar-refractivity contribution in [2.75, 3.05) is 0 Å². The van der Waals surface area contributed by atoms with Gasteiger partial charge in [0.05, 0.1) is 0 Å². The second-order valence-corrected chi connectivity index (χ2v) is 3.39. The SMILES string of the molecule is CCC1Oc2ccccc2C1C. The maximum absolute atomic E-state index is 5.77. The van der Waals surface area contributed by atoms with Gasteiger partial charge in [0, 0.05) is 11.5 Å². The van der Waals surface area contributed by atoms with E-state index in [0.717, 1.165) is 12.2 Å². The minimum Gasteiger partial charge on any atom is -0.490 e. The Hall–Kier alpha value is -0.980. The van der Waals surface area contributed by atoms with Crippen LogP contribution in [0.15, 0.2) is 24.3 Å². The van der Waals surface area contributed by atoms with E-state index >= 15 is 0 Å². The fourth-order valence-electron chi connectivity index (χ4n) is 1.87. The molecule has 1 heterocycles. The topological polar surface area (TPSA) is 9.23 Å². The molecule has 1 aromatic carbocycles. The van der Waals surface area contributed by atoms with Crippen molar-refractivity contribution >= 4 is 0 Å². The highest BCUT2D eigenvalue weighted by atomic mass is 16.5. The number of hydrogen-bond acceptors (Lipinski definition) is 1. The Morgan fingerprint density at radius 3 is 2.75 bits per heavy atom. The number of fused-ring (bicyclic) bond motifs is 1. The Labute approximate surface area is 73.4 Å². The second kappa shape index (κ2) is 2.81. The third-order valence-corrected chi connectivity index (χ3v) is 2.65. The zero-order valence-corrected chi connectivity index (χ0v) is 7.58. The zero-order chi connectivity index (χ0) is 8.55. The van der Waals surface area contributed by atoms with Gasteiger partial charge in [0.25, 0.3) is 0 Å². The van der Waals surface area contributed by atoms with Gasteiger partial charge in [0.1, 0.15) is 11.9 Å². The molecule has 12 heavy (non-hydrogen) atoms. The highest BCUT2D eigenvalue weighted by molar-refractivity contribution is 5.40. The first-order valence-electron chi connectivity index (χ1n) is 4.58. The van der Waals surface area contributed by atoms with Crippen LogP contribution in [0.3, 0.4) is 0 Å². The molecule has 1 aliphatic heterocycles. The molecule has 0 bridgehead atoms. The molecule has 64 valence electrons. The fraction of sp³-hybridized carbons (Fsp3) is 0.455. The maximum atomic E-state index is 5.77. The van der Waals surface area contributed by atoms with Gasteiger partial charge in [-0.3, -0.25) is 0 Å². The third kappa shape index (κ3) is 1.01. The van der Waals surface area contributed by atoms with Crippen LogP contribution in [0.5, 0.6) is 5.75 Å². The Kier molecular flexibility index (Phi) is 1.80. The lowest BCUT2D eigenvalue weighted by molar-refractivity contribution is 0.206. The summed E-state index contributed by atoms with van der Waals surface area (Å²) in [5.41, 5.74) is 1.37. The van der Waals surface area contributed by atoms with Crippen molar-refractivity contribution < 1.29 is 4.74 Å². The monoisotopic (exact) mass is 162 g/mol. The average Bonchev–Trinajstić information content (AvgIpc) is 2.44. The van der Waals surface area contributed by atoms with Crippen LogP contribution in [0.25, 0.3) is 0 Å². The summed E-state index contributed by atoms with van der Waals surface area (Å²) < 4.78 is 5.77. The van der Waals surface area contributed by atoms with Crippen LogP contribution in [0.4, 0.5) is 0 Å². The molecule has 2 rings (SSSR count). The summed E-state index contributed by atoms with van der Waals surface area (Å²) in [6.07, 6.45) is 1.48. The average molecular weight is 162 g/mol. The summed E-state index contributed by atoms with van der Waals surface area (Å²) >= 11 is 0. The minimum atomic E-state index is 0.391. The molecule has 0 saturated heterocycles. The van der Waals surface area contributed by atoms with E-state index in [-0.39, 0.29) is 0 Å². The minimum absolute atomic E-state index is 0.391. The molecular formula is C11H14O. The highest BCUT2D eigenvalue weighted by Crippen LogP contribution is 2.38. The van der Waals surface area contributed by atoms with Gasteiger partial charge >= 0.3 is 0 Å². The van der Waals surface area contributed by atoms with Crippen LogP contribution in [-0.4, -0.2) is 6.10 Å². The molecule has 0 amide bonds. The van der Waals surface area contributed by atoms with Gasteiger partial charge in [0.15, 0.2) is 0 Å². The van der Waals surface area contributed by atoms with Gasteiger partial charge < -0.3 is 4.74 Å². The quantitative estimate of drug-likeness (QED) is 0.617. The van der Waals surface area contributed by atoms with Gasteiger partial charge in [-0.25, -0.2) is 0 Å². The van der Waals surface area contributed by atoms with E-state index in [1.165, 1.54) is 5.56 Å². The summed E-state index contributed by atoms with van der Waals surface area (Å²) in [5, 5.41) is 0. The Bertz CT molecular complexity index is 280. The summed E-state index contributed by atoms with van der Waals surface area (Å²) in [5.74, 6) is 1.64. The van der Waals surface area contributed by atoms with Crippen LogP contribution >= 0.6 is 0 Å². The first-order chi connectivity index (χ1) is 5.83. The lowest BCUT2D eigenvalue weighted by atomic mass is 9.96. The molecule has 1 aromatic rings. The molecule has 2 atom stereocenters. The highest BCUT2D eigenvalue weighted by Gasteiger charge is 2.28. The maximum Gasteiger partial charge on any atom is 0.123 e. The largest absolute Gasteiger partial charge is 0.490 e. The van der Waals surface area contributed by atoms with Gasteiger partial charge in [-0.15, -0.1) is 0 Å². The van der Waals surface area contributed by atoms with Crippen LogP contribution in [-0.2, 0) is 0 Å². The van der Waals surface area contributed by atoms with Gasteiger partial charge in [-0.05, 0) is 12.5 Å². The van der Waals surface area contributed by atoms with Gasteiger partial charge in [0.2, 0.25) is 0 Å². The van der Waals surface area contributed by atoms with E-state index in [4.69, 9.17) is 4.74 Å². The van der Waals surface area contributed by atoms with Crippen LogP contribution < -0.4 is 4.74 Å².